The van der Waals surface area contributed by atoms with Crippen LogP contribution in [0.4, 0.5) is 5.13 Å². The predicted octanol–water partition coefficient (Wildman–Crippen LogP) is 3.98. The Morgan fingerprint density at radius 3 is 2.89 bits per heavy atom. The number of nitrogens with zero attached hydrogens (tertiary/aromatic N) is 2. The van der Waals surface area contributed by atoms with Crippen molar-refractivity contribution < 1.29 is 0 Å². The minimum atomic E-state index is 0.747. The molecule has 0 unspecified atom stereocenters. The van der Waals surface area contributed by atoms with E-state index in [-0.39, 0.29) is 0 Å². The number of benzene rings is 1. The van der Waals surface area contributed by atoms with E-state index in [1.165, 1.54) is 10.3 Å². The molecule has 0 atom stereocenters. The summed E-state index contributed by atoms with van der Waals surface area (Å²) >= 11 is 3.37. The van der Waals surface area contributed by atoms with Crippen molar-refractivity contribution in [3.05, 3.63) is 39.8 Å². The molecule has 92 valence electrons. The zero-order chi connectivity index (χ0) is 12.5. The fourth-order valence-corrected chi connectivity index (χ4v) is 3.41. The summed E-state index contributed by atoms with van der Waals surface area (Å²) in [5.74, 6) is 0. The molecule has 0 radical (unpaired) electrons. The van der Waals surface area contributed by atoms with Gasteiger partial charge in [0.25, 0.3) is 0 Å². The Hall–Kier alpha value is -1.46. The standard InChI is InChI=1S/C13H13N3S2/c1-8-3-4-10-11(5-8)18-13(16-10)14-6-12-15-9(2)7-17-12/h3-5,7H,6H2,1-2H3,(H,14,16). The Morgan fingerprint density at radius 2 is 2.11 bits per heavy atom. The summed E-state index contributed by atoms with van der Waals surface area (Å²) in [5.41, 5.74) is 3.41. The van der Waals surface area contributed by atoms with E-state index in [0.29, 0.717) is 0 Å². The molecular weight excluding hydrogens is 262 g/mol. The van der Waals surface area contributed by atoms with Crippen LogP contribution in [0.5, 0.6) is 0 Å². The molecule has 0 fully saturated rings. The zero-order valence-electron chi connectivity index (χ0n) is 10.2. The van der Waals surface area contributed by atoms with Crippen LogP contribution in [0.25, 0.3) is 10.2 Å². The minimum Gasteiger partial charge on any atom is -0.355 e. The van der Waals surface area contributed by atoms with Crippen molar-refractivity contribution in [2.45, 2.75) is 20.4 Å². The number of aromatic nitrogens is 2. The molecule has 1 N–H and O–H groups in total. The number of rotatable bonds is 3. The highest BCUT2D eigenvalue weighted by molar-refractivity contribution is 7.22. The summed E-state index contributed by atoms with van der Waals surface area (Å²) in [6.07, 6.45) is 0. The van der Waals surface area contributed by atoms with Crippen molar-refractivity contribution in [2.24, 2.45) is 0 Å². The quantitative estimate of drug-likeness (QED) is 0.785. The number of nitrogens with one attached hydrogen (secondary N) is 1. The molecule has 0 aliphatic carbocycles. The maximum absolute atomic E-state index is 4.56. The van der Waals surface area contributed by atoms with Gasteiger partial charge in [0, 0.05) is 11.1 Å². The molecule has 0 aliphatic heterocycles. The lowest BCUT2D eigenvalue weighted by molar-refractivity contribution is 1.07. The SMILES string of the molecule is Cc1ccc2nc(NCc3nc(C)cs3)sc2c1. The van der Waals surface area contributed by atoms with E-state index in [1.807, 2.05) is 6.92 Å². The van der Waals surface area contributed by atoms with E-state index in [4.69, 9.17) is 0 Å². The maximum atomic E-state index is 4.56. The fraction of sp³-hybridized carbons (Fsp3) is 0.231. The van der Waals surface area contributed by atoms with E-state index in [2.05, 4.69) is 45.8 Å². The third-order valence-electron chi connectivity index (χ3n) is 2.60. The van der Waals surface area contributed by atoms with Crippen LogP contribution in [0.15, 0.2) is 23.6 Å². The first kappa shape index (κ1) is 11.6. The van der Waals surface area contributed by atoms with Gasteiger partial charge in [0.15, 0.2) is 5.13 Å². The van der Waals surface area contributed by atoms with Crippen LogP contribution in [0.3, 0.4) is 0 Å². The molecule has 0 bridgehead atoms. The first-order valence-electron chi connectivity index (χ1n) is 5.73. The van der Waals surface area contributed by atoms with Gasteiger partial charge in [-0.2, -0.15) is 0 Å². The summed E-state index contributed by atoms with van der Waals surface area (Å²) < 4.78 is 1.23. The van der Waals surface area contributed by atoms with Gasteiger partial charge in [-0.3, -0.25) is 0 Å². The molecule has 0 aliphatic rings. The number of hydrogen-bond acceptors (Lipinski definition) is 5. The Labute approximate surface area is 114 Å². The fourth-order valence-electron chi connectivity index (χ4n) is 1.74. The average molecular weight is 275 g/mol. The van der Waals surface area contributed by atoms with Gasteiger partial charge in [-0.15, -0.1) is 11.3 Å². The highest BCUT2D eigenvalue weighted by atomic mass is 32.1. The molecule has 3 aromatic rings. The molecule has 2 heterocycles. The van der Waals surface area contributed by atoms with Gasteiger partial charge < -0.3 is 5.32 Å². The highest BCUT2D eigenvalue weighted by Gasteiger charge is 2.04. The summed E-state index contributed by atoms with van der Waals surface area (Å²) in [6.45, 7) is 4.86. The summed E-state index contributed by atoms with van der Waals surface area (Å²) in [7, 11) is 0. The second kappa shape index (κ2) is 4.66. The van der Waals surface area contributed by atoms with E-state index in [0.717, 1.165) is 27.9 Å². The molecule has 0 amide bonds. The molecule has 0 spiro atoms. The zero-order valence-corrected chi connectivity index (χ0v) is 11.9. The molecule has 1 aromatic carbocycles. The van der Waals surface area contributed by atoms with Crippen molar-refractivity contribution in [2.75, 3.05) is 5.32 Å². The van der Waals surface area contributed by atoms with Crippen LogP contribution in [-0.4, -0.2) is 9.97 Å². The molecule has 3 rings (SSSR count). The maximum Gasteiger partial charge on any atom is 0.184 e. The Morgan fingerprint density at radius 1 is 1.22 bits per heavy atom. The second-order valence-electron chi connectivity index (χ2n) is 4.23. The van der Waals surface area contributed by atoms with E-state index in [9.17, 15) is 0 Å². The first-order chi connectivity index (χ1) is 8.70. The number of thiazole rings is 2. The molecular formula is C13H13N3S2. The van der Waals surface area contributed by atoms with Crippen LogP contribution in [0.2, 0.25) is 0 Å². The molecule has 2 aromatic heterocycles. The van der Waals surface area contributed by atoms with E-state index >= 15 is 0 Å². The Bertz CT molecular complexity index is 684. The largest absolute Gasteiger partial charge is 0.355 e. The first-order valence-corrected chi connectivity index (χ1v) is 7.42. The van der Waals surface area contributed by atoms with Gasteiger partial charge in [0.05, 0.1) is 16.8 Å². The van der Waals surface area contributed by atoms with E-state index < -0.39 is 0 Å². The molecule has 18 heavy (non-hydrogen) atoms. The van der Waals surface area contributed by atoms with Crippen molar-refractivity contribution >= 4 is 38.0 Å². The average Bonchev–Trinajstić information content (AvgIpc) is 2.92. The summed E-state index contributed by atoms with van der Waals surface area (Å²) in [4.78, 5) is 8.99. The predicted molar refractivity (Wildman–Crippen MR) is 78.5 cm³/mol. The van der Waals surface area contributed by atoms with Crippen LogP contribution in [0, 0.1) is 13.8 Å². The molecule has 5 heteroatoms. The normalized spacial score (nSPS) is 11.0. The van der Waals surface area contributed by atoms with E-state index in [1.54, 1.807) is 22.7 Å². The number of hydrogen-bond donors (Lipinski definition) is 1. The van der Waals surface area contributed by atoms with Crippen molar-refractivity contribution in [3.8, 4) is 0 Å². The second-order valence-corrected chi connectivity index (χ2v) is 6.20. The smallest absolute Gasteiger partial charge is 0.184 e. The topological polar surface area (TPSA) is 37.8 Å². The Balaban J connectivity index is 1.78. The molecule has 0 saturated carbocycles. The molecule has 3 nitrogen and oxygen atoms in total. The van der Waals surface area contributed by atoms with Crippen molar-refractivity contribution in [3.63, 3.8) is 0 Å². The number of aryl methyl sites for hydroxylation is 2. The summed E-state index contributed by atoms with van der Waals surface area (Å²) in [5, 5.41) is 7.47. The lowest BCUT2D eigenvalue weighted by atomic mass is 10.2. The lowest BCUT2D eigenvalue weighted by Gasteiger charge is -1.97. The van der Waals surface area contributed by atoms with Crippen LogP contribution in [-0.2, 0) is 6.54 Å². The van der Waals surface area contributed by atoms with Gasteiger partial charge in [-0.1, -0.05) is 17.4 Å². The van der Waals surface area contributed by atoms with Gasteiger partial charge in [-0.05, 0) is 31.5 Å². The van der Waals surface area contributed by atoms with Crippen molar-refractivity contribution in [1.82, 2.24) is 9.97 Å². The van der Waals surface area contributed by atoms with Gasteiger partial charge >= 0.3 is 0 Å². The Kier molecular flexibility index (Phi) is 3.01. The van der Waals surface area contributed by atoms with Gasteiger partial charge in [0.2, 0.25) is 0 Å². The third kappa shape index (κ3) is 2.37. The van der Waals surface area contributed by atoms with Gasteiger partial charge in [0.1, 0.15) is 5.01 Å². The summed E-state index contributed by atoms with van der Waals surface area (Å²) in [6, 6.07) is 6.33. The van der Waals surface area contributed by atoms with Crippen molar-refractivity contribution in [1.29, 1.82) is 0 Å². The molecule has 0 saturated heterocycles. The van der Waals surface area contributed by atoms with Crippen LogP contribution in [0.1, 0.15) is 16.3 Å². The number of fused-ring (bicyclic) bond motifs is 1. The van der Waals surface area contributed by atoms with Crippen LogP contribution < -0.4 is 5.32 Å². The highest BCUT2D eigenvalue weighted by Crippen LogP contribution is 2.27. The minimum absolute atomic E-state index is 0.747. The lowest BCUT2D eigenvalue weighted by Crippen LogP contribution is -1.98. The third-order valence-corrected chi connectivity index (χ3v) is 4.54. The monoisotopic (exact) mass is 275 g/mol. The van der Waals surface area contributed by atoms with Crippen LogP contribution >= 0.6 is 22.7 Å². The number of anilines is 1. The van der Waals surface area contributed by atoms with Gasteiger partial charge in [-0.25, -0.2) is 9.97 Å².